The maximum atomic E-state index is 11.9. The minimum atomic E-state index is -0.679. The van der Waals surface area contributed by atoms with Gasteiger partial charge in [-0.1, -0.05) is 25.6 Å². The van der Waals surface area contributed by atoms with Crippen molar-refractivity contribution < 1.29 is 14.3 Å². The first-order chi connectivity index (χ1) is 10.3. The number of thioether (sulfide) groups is 1. The zero-order chi connectivity index (χ0) is 16.7. The normalized spacial score (nSPS) is 12.0. The number of aromatic nitrogens is 3. The molecule has 0 aromatic carbocycles. The Morgan fingerprint density at radius 3 is 2.59 bits per heavy atom. The van der Waals surface area contributed by atoms with Gasteiger partial charge in [-0.05, 0) is 19.3 Å². The van der Waals surface area contributed by atoms with Crippen molar-refractivity contribution in [2.45, 2.75) is 38.4 Å². The van der Waals surface area contributed by atoms with Gasteiger partial charge in [-0.2, -0.15) is 0 Å². The standard InChI is InChI=1S/C13H20N4O4S/c1-7(2)5-9(12(20)21-4)14-10(18)6-22-13-15-11(19)8(3)16-17-13/h7,9H,5-6H2,1-4H3,(H,14,18)(H,15,17,19). The molecule has 0 fully saturated rings. The second kappa shape index (κ2) is 8.52. The number of hydrogen-bond donors (Lipinski definition) is 2. The van der Waals surface area contributed by atoms with Crippen molar-refractivity contribution in [2.75, 3.05) is 12.9 Å². The summed E-state index contributed by atoms with van der Waals surface area (Å²) in [6.45, 7) is 5.44. The number of nitrogens with zero attached hydrogens (tertiary/aromatic N) is 2. The summed E-state index contributed by atoms with van der Waals surface area (Å²) in [4.78, 5) is 37.4. The lowest BCUT2D eigenvalue weighted by molar-refractivity contribution is -0.145. The van der Waals surface area contributed by atoms with Gasteiger partial charge in [-0.15, -0.1) is 10.2 Å². The Hall–Kier alpha value is -1.90. The number of aromatic amines is 1. The van der Waals surface area contributed by atoms with Crippen molar-refractivity contribution in [1.29, 1.82) is 0 Å². The number of aryl methyl sites for hydroxylation is 1. The summed E-state index contributed by atoms with van der Waals surface area (Å²) in [5.74, 6) is -0.574. The number of H-pyrrole nitrogens is 1. The molecule has 0 aliphatic carbocycles. The Balaban J connectivity index is 2.57. The summed E-state index contributed by atoms with van der Waals surface area (Å²) < 4.78 is 4.68. The number of ether oxygens (including phenoxy) is 1. The molecule has 22 heavy (non-hydrogen) atoms. The molecule has 0 saturated carbocycles. The summed E-state index contributed by atoms with van der Waals surface area (Å²) in [5, 5.41) is 10.3. The fraction of sp³-hybridized carbons (Fsp3) is 0.615. The van der Waals surface area contributed by atoms with Crippen LogP contribution in [0.5, 0.6) is 0 Å². The maximum absolute atomic E-state index is 11.9. The number of nitrogens with one attached hydrogen (secondary N) is 2. The fourth-order valence-electron chi connectivity index (χ4n) is 1.64. The van der Waals surface area contributed by atoms with Crippen molar-refractivity contribution in [3.63, 3.8) is 0 Å². The van der Waals surface area contributed by atoms with Crippen LogP contribution in [0.25, 0.3) is 0 Å². The van der Waals surface area contributed by atoms with E-state index in [1.165, 1.54) is 7.11 Å². The van der Waals surface area contributed by atoms with Gasteiger partial charge >= 0.3 is 5.97 Å². The maximum Gasteiger partial charge on any atom is 0.328 e. The number of amides is 1. The molecule has 0 aliphatic rings. The van der Waals surface area contributed by atoms with Gasteiger partial charge in [0, 0.05) is 0 Å². The molecule has 0 bridgehead atoms. The second-order valence-corrected chi connectivity index (χ2v) is 6.07. The molecule has 9 heteroatoms. The molecule has 122 valence electrons. The molecule has 1 amide bonds. The van der Waals surface area contributed by atoms with E-state index in [2.05, 4.69) is 25.2 Å². The van der Waals surface area contributed by atoms with E-state index in [0.717, 1.165) is 11.8 Å². The molecule has 0 saturated heterocycles. The Kier molecular flexibility index (Phi) is 7.03. The van der Waals surface area contributed by atoms with E-state index in [4.69, 9.17) is 0 Å². The zero-order valence-corrected chi connectivity index (χ0v) is 13.8. The van der Waals surface area contributed by atoms with Crippen LogP contribution >= 0.6 is 11.8 Å². The summed E-state index contributed by atoms with van der Waals surface area (Å²) in [7, 11) is 1.28. The highest BCUT2D eigenvalue weighted by molar-refractivity contribution is 7.99. The summed E-state index contributed by atoms with van der Waals surface area (Å²) in [5.41, 5.74) is -0.0818. The summed E-state index contributed by atoms with van der Waals surface area (Å²) in [6, 6.07) is -0.679. The largest absolute Gasteiger partial charge is 0.467 e. The van der Waals surface area contributed by atoms with E-state index in [-0.39, 0.29) is 34.0 Å². The number of carbonyl (C=O) groups excluding carboxylic acids is 2. The van der Waals surface area contributed by atoms with E-state index in [9.17, 15) is 14.4 Å². The summed E-state index contributed by atoms with van der Waals surface area (Å²) >= 11 is 1.04. The van der Waals surface area contributed by atoms with Gasteiger partial charge in [0.25, 0.3) is 5.56 Å². The molecule has 0 radical (unpaired) electrons. The minimum absolute atomic E-state index is 0.0132. The smallest absolute Gasteiger partial charge is 0.328 e. The topological polar surface area (TPSA) is 114 Å². The van der Waals surface area contributed by atoms with Gasteiger partial charge in [-0.25, -0.2) is 4.79 Å². The third-order valence-electron chi connectivity index (χ3n) is 2.71. The predicted molar refractivity (Wildman–Crippen MR) is 81.5 cm³/mol. The van der Waals surface area contributed by atoms with Crippen LogP contribution in [0.15, 0.2) is 9.95 Å². The predicted octanol–water partition coefficient (Wildman–Crippen LogP) is 0.269. The zero-order valence-electron chi connectivity index (χ0n) is 13.0. The van der Waals surface area contributed by atoms with Crippen LogP contribution in [0.1, 0.15) is 26.0 Å². The van der Waals surface area contributed by atoms with Crippen molar-refractivity contribution >= 4 is 23.6 Å². The molecule has 1 heterocycles. The average molecular weight is 328 g/mol. The Bertz CT molecular complexity index is 588. The number of methoxy groups -OCH3 is 1. The van der Waals surface area contributed by atoms with Gasteiger partial charge < -0.3 is 10.1 Å². The van der Waals surface area contributed by atoms with Gasteiger partial charge in [0.15, 0.2) is 5.16 Å². The molecular formula is C13H20N4O4S. The lowest BCUT2D eigenvalue weighted by atomic mass is 10.0. The molecule has 1 unspecified atom stereocenters. The highest BCUT2D eigenvalue weighted by Crippen LogP contribution is 2.10. The van der Waals surface area contributed by atoms with E-state index >= 15 is 0 Å². The minimum Gasteiger partial charge on any atom is -0.467 e. The monoisotopic (exact) mass is 328 g/mol. The van der Waals surface area contributed by atoms with Crippen molar-refractivity contribution in [3.8, 4) is 0 Å². The van der Waals surface area contributed by atoms with Crippen LogP contribution in [-0.2, 0) is 14.3 Å². The van der Waals surface area contributed by atoms with Crippen LogP contribution < -0.4 is 10.9 Å². The molecule has 1 rings (SSSR count). The first kappa shape index (κ1) is 18.1. The van der Waals surface area contributed by atoms with Crippen LogP contribution in [0, 0.1) is 12.8 Å². The lowest BCUT2D eigenvalue weighted by Crippen LogP contribution is -2.43. The molecule has 1 aromatic rings. The van der Waals surface area contributed by atoms with Gasteiger partial charge in [-0.3, -0.25) is 14.6 Å². The molecule has 2 N–H and O–H groups in total. The van der Waals surface area contributed by atoms with Crippen LogP contribution in [-0.4, -0.2) is 46.0 Å². The average Bonchev–Trinajstić information content (AvgIpc) is 2.46. The van der Waals surface area contributed by atoms with E-state index in [1.807, 2.05) is 13.8 Å². The van der Waals surface area contributed by atoms with Crippen molar-refractivity contribution in [2.24, 2.45) is 5.92 Å². The fourth-order valence-corrected chi connectivity index (χ4v) is 2.26. The Morgan fingerprint density at radius 1 is 1.36 bits per heavy atom. The molecule has 1 aromatic heterocycles. The Morgan fingerprint density at radius 2 is 2.05 bits per heavy atom. The Labute approximate surface area is 132 Å². The highest BCUT2D eigenvalue weighted by atomic mass is 32.2. The summed E-state index contributed by atoms with van der Waals surface area (Å²) in [6.07, 6.45) is 0.490. The lowest BCUT2D eigenvalue weighted by Gasteiger charge is -2.18. The van der Waals surface area contributed by atoms with E-state index in [1.54, 1.807) is 6.92 Å². The number of hydrogen-bond acceptors (Lipinski definition) is 7. The number of esters is 1. The number of carbonyl (C=O) groups is 2. The molecule has 1 atom stereocenters. The molecule has 8 nitrogen and oxygen atoms in total. The third kappa shape index (κ3) is 5.84. The van der Waals surface area contributed by atoms with Crippen LogP contribution in [0.2, 0.25) is 0 Å². The van der Waals surface area contributed by atoms with Gasteiger partial charge in [0.1, 0.15) is 11.7 Å². The molecular weight excluding hydrogens is 308 g/mol. The van der Waals surface area contributed by atoms with Crippen LogP contribution in [0.4, 0.5) is 0 Å². The number of rotatable bonds is 7. The van der Waals surface area contributed by atoms with Gasteiger partial charge in [0.2, 0.25) is 5.91 Å². The van der Waals surface area contributed by atoms with E-state index < -0.39 is 12.0 Å². The first-order valence-corrected chi connectivity index (χ1v) is 7.75. The highest BCUT2D eigenvalue weighted by Gasteiger charge is 2.22. The quantitative estimate of drug-likeness (QED) is 0.545. The van der Waals surface area contributed by atoms with E-state index in [0.29, 0.717) is 6.42 Å². The molecule has 0 spiro atoms. The molecule has 0 aliphatic heterocycles. The second-order valence-electron chi connectivity index (χ2n) is 5.11. The van der Waals surface area contributed by atoms with Crippen molar-refractivity contribution in [1.82, 2.24) is 20.5 Å². The third-order valence-corrected chi connectivity index (χ3v) is 3.57. The van der Waals surface area contributed by atoms with Crippen LogP contribution in [0.3, 0.4) is 0 Å². The van der Waals surface area contributed by atoms with Crippen molar-refractivity contribution in [3.05, 3.63) is 16.0 Å². The van der Waals surface area contributed by atoms with Gasteiger partial charge in [0.05, 0.1) is 12.9 Å². The SMILES string of the molecule is COC(=O)C(CC(C)C)NC(=O)CSc1nnc(C)c(=O)[nH]1. The first-order valence-electron chi connectivity index (χ1n) is 6.77.